The molecule has 1 amide bonds. The average Bonchev–Trinajstić information content (AvgIpc) is 2.50. The Hall–Kier alpha value is -2.15. The molecule has 1 rings (SSSR count). The second kappa shape index (κ2) is 8.91. The summed E-state index contributed by atoms with van der Waals surface area (Å²) in [6, 6.07) is 4.67. The van der Waals surface area contributed by atoms with E-state index < -0.39 is 5.82 Å². The summed E-state index contributed by atoms with van der Waals surface area (Å²) in [7, 11) is 0. The third-order valence-corrected chi connectivity index (χ3v) is 2.88. The van der Waals surface area contributed by atoms with E-state index in [1.165, 1.54) is 6.07 Å². The Morgan fingerprint density at radius 3 is 2.86 bits per heavy atom. The first-order valence-corrected chi connectivity index (χ1v) is 6.82. The molecule has 0 spiro atoms. The Balaban J connectivity index is 2.48. The zero-order valence-electron chi connectivity index (χ0n) is 12.0. The summed E-state index contributed by atoms with van der Waals surface area (Å²) in [5.41, 5.74) is 5.84. The fraction of sp³-hybridized carbons (Fsp3) is 0.429. The number of benzene rings is 1. The molecule has 0 aliphatic rings. The number of carbonyl (C=O) groups excluding carboxylic acids is 1. The van der Waals surface area contributed by atoms with Crippen LogP contribution in [0.4, 0.5) is 4.39 Å². The molecule has 0 heterocycles. The number of amides is 1. The highest BCUT2D eigenvalue weighted by Crippen LogP contribution is 2.12. The number of nitrogens with zero attached hydrogens (tertiary/aromatic N) is 1. The van der Waals surface area contributed by atoms with Gasteiger partial charge in [0.2, 0.25) is 5.91 Å². The minimum absolute atomic E-state index is 0.0322. The number of hydrogen-bond donors (Lipinski definition) is 4. The first kappa shape index (κ1) is 16.9. The third-order valence-electron chi connectivity index (χ3n) is 2.88. The molecule has 6 nitrogen and oxygen atoms in total. The maximum absolute atomic E-state index is 14.1. The number of carbonyl (C=O) groups is 1. The third kappa shape index (κ3) is 5.39. The Morgan fingerprint density at radius 1 is 1.43 bits per heavy atom. The summed E-state index contributed by atoms with van der Waals surface area (Å²) in [5, 5.41) is 17.1. The van der Waals surface area contributed by atoms with E-state index in [2.05, 4.69) is 15.8 Å². The predicted molar refractivity (Wildman–Crippen MR) is 78.5 cm³/mol. The molecule has 0 aromatic heterocycles. The minimum Gasteiger partial charge on any atom is -0.409 e. The summed E-state index contributed by atoms with van der Waals surface area (Å²) in [4.78, 5) is 11.4. The first-order valence-electron chi connectivity index (χ1n) is 6.82. The van der Waals surface area contributed by atoms with E-state index in [0.717, 1.165) is 6.42 Å². The van der Waals surface area contributed by atoms with Crippen LogP contribution in [0.3, 0.4) is 0 Å². The molecular formula is C14H21FN4O2. The molecule has 0 saturated carbocycles. The highest BCUT2D eigenvalue weighted by molar-refractivity contribution is 5.97. The van der Waals surface area contributed by atoms with Gasteiger partial charge in [-0.3, -0.25) is 4.79 Å². The summed E-state index contributed by atoms with van der Waals surface area (Å²) >= 11 is 0. The summed E-state index contributed by atoms with van der Waals surface area (Å²) in [5.74, 6) is -0.834. The lowest BCUT2D eigenvalue weighted by molar-refractivity contribution is -0.120. The summed E-state index contributed by atoms with van der Waals surface area (Å²) in [6.45, 7) is 3.35. The van der Waals surface area contributed by atoms with Crippen molar-refractivity contribution in [3.8, 4) is 0 Å². The monoisotopic (exact) mass is 296 g/mol. The molecule has 116 valence electrons. The molecule has 0 saturated heterocycles. The Morgan fingerprint density at radius 2 is 2.19 bits per heavy atom. The fourth-order valence-electron chi connectivity index (χ4n) is 1.75. The standard InChI is InChI=1S/C14H21FN4O2/c1-2-7-18-12(20)6-8-17-9-10-4-3-5-11(13(10)15)14(16)19-21/h3-5,17,21H,2,6-9H2,1H3,(H2,16,19)(H,18,20). The van der Waals surface area contributed by atoms with E-state index in [1.54, 1.807) is 12.1 Å². The largest absolute Gasteiger partial charge is 0.409 e. The number of amidine groups is 1. The van der Waals surface area contributed by atoms with Crippen LogP contribution in [-0.4, -0.2) is 30.0 Å². The van der Waals surface area contributed by atoms with E-state index >= 15 is 0 Å². The van der Waals surface area contributed by atoms with Gasteiger partial charge in [-0.15, -0.1) is 0 Å². The first-order chi connectivity index (χ1) is 10.1. The molecule has 0 aliphatic heterocycles. The zero-order chi connectivity index (χ0) is 15.7. The van der Waals surface area contributed by atoms with E-state index in [-0.39, 0.29) is 23.9 Å². The molecule has 1 aromatic carbocycles. The van der Waals surface area contributed by atoms with Crippen LogP contribution in [0.15, 0.2) is 23.4 Å². The zero-order valence-corrected chi connectivity index (χ0v) is 12.0. The Kier molecular flexibility index (Phi) is 7.17. The predicted octanol–water partition coefficient (Wildman–Crippen LogP) is 0.926. The van der Waals surface area contributed by atoms with Gasteiger partial charge in [0.1, 0.15) is 5.82 Å². The van der Waals surface area contributed by atoms with Gasteiger partial charge in [0.05, 0.1) is 5.56 Å². The second-order valence-corrected chi connectivity index (χ2v) is 4.54. The van der Waals surface area contributed by atoms with Crippen molar-refractivity contribution in [1.82, 2.24) is 10.6 Å². The van der Waals surface area contributed by atoms with Gasteiger partial charge < -0.3 is 21.6 Å². The van der Waals surface area contributed by atoms with Crippen LogP contribution in [0.2, 0.25) is 0 Å². The van der Waals surface area contributed by atoms with Gasteiger partial charge in [-0.1, -0.05) is 24.2 Å². The number of oxime groups is 1. The minimum atomic E-state index is -0.532. The lowest BCUT2D eigenvalue weighted by Crippen LogP contribution is -2.28. The summed E-state index contributed by atoms with van der Waals surface area (Å²) < 4.78 is 14.1. The van der Waals surface area contributed by atoms with Gasteiger partial charge in [0, 0.05) is 31.6 Å². The van der Waals surface area contributed by atoms with Crippen molar-refractivity contribution in [1.29, 1.82) is 0 Å². The number of halogens is 1. The van der Waals surface area contributed by atoms with Crippen LogP contribution in [0.5, 0.6) is 0 Å². The molecule has 0 radical (unpaired) electrons. The maximum Gasteiger partial charge on any atom is 0.221 e. The van der Waals surface area contributed by atoms with E-state index in [1.807, 2.05) is 6.92 Å². The van der Waals surface area contributed by atoms with Crippen LogP contribution < -0.4 is 16.4 Å². The SMILES string of the molecule is CCCNC(=O)CCNCc1cccc(/C(N)=N/O)c1F. The lowest BCUT2D eigenvalue weighted by atomic mass is 10.1. The summed E-state index contributed by atoms with van der Waals surface area (Å²) in [6.07, 6.45) is 1.23. The van der Waals surface area contributed by atoms with Crippen molar-refractivity contribution in [2.75, 3.05) is 13.1 Å². The highest BCUT2D eigenvalue weighted by Gasteiger charge is 2.11. The molecule has 0 atom stereocenters. The quantitative estimate of drug-likeness (QED) is 0.188. The Bertz CT molecular complexity index is 506. The van der Waals surface area contributed by atoms with Gasteiger partial charge in [-0.05, 0) is 12.5 Å². The number of hydrogen-bond acceptors (Lipinski definition) is 4. The van der Waals surface area contributed by atoms with E-state index in [0.29, 0.717) is 25.1 Å². The van der Waals surface area contributed by atoms with Gasteiger partial charge in [0.15, 0.2) is 5.84 Å². The average molecular weight is 296 g/mol. The number of rotatable bonds is 8. The van der Waals surface area contributed by atoms with Crippen molar-refractivity contribution in [2.24, 2.45) is 10.9 Å². The normalized spacial score (nSPS) is 11.4. The van der Waals surface area contributed by atoms with Crippen molar-refractivity contribution in [2.45, 2.75) is 26.3 Å². The smallest absolute Gasteiger partial charge is 0.221 e. The molecule has 0 aliphatic carbocycles. The van der Waals surface area contributed by atoms with Gasteiger partial charge in [-0.25, -0.2) is 4.39 Å². The van der Waals surface area contributed by atoms with Crippen molar-refractivity contribution < 1.29 is 14.4 Å². The second-order valence-electron chi connectivity index (χ2n) is 4.54. The topological polar surface area (TPSA) is 99.7 Å². The molecule has 0 unspecified atom stereocenters. The highest BCUT2D eigenvalue weighted by atomic mass is 19.1. The molecule has 7 heteroatoms. The number of nitrogens with two attached hydrogens (primary N) is 1. The van der Waals surface area contributed by atoms with Crippen molar-refractivity contribution in [3.05, 3.63) is 35.1 Å². The van der Waals surface area contributed by atoms with Crippen LogP contribution in [0.25, 0.3) is 0 Å². The van der Waals surface area contributed by atoms with Crippen LogP contribution >= 0.6 is 0 Å². The van der Waals surface area contributed by atoms with E-state index in [9.17, 15) is 9.18 Å². The number of nitrogens with one attached hydrogen (secondary N) is 2. The fourth-order valence-corrected chi connectivity index (χ4v) is 1.75. The van der Waals surface area contributed by atoms with Gasteiger partial charge in [0.25, 0.3) is 0 Å². The van der Waals surface area contributed by atoms with Crippen molar-refractivity contribution in [3.63, 3.8) is 0 Å². The van der Waals surface area contributed by atoms with Crippen molar-refractivity contribution >= 4 is 11.7 Å². The van der Waals surface area contributed by atoms with Crippen LogP contribution in [-0.2, 0) is 11.3 Å². The van der Waals surface area contributed by atoms with E-state index in [4.69, 9.17) is 10.9 Å². The van der Waals surface area contributed by atoms with Crippen LogP contribution in [0, 0.1) is 5.82 Å². The maximum atomic E-state index is 14.1. The molecule has 1 aromatic rings. The van der Waals surface area contributed by atoms with Gasteiger partial charge >= 0.3 is 0 Å². The molecule has 5 N–H and O–H groups in total. The molecule has 21 heavy (non-hydrogen) atoms. The Labute approximate surface area is 123 Å². The van der Waals surface area contributed by atoms with Crippen LogP contribution in [0.1, 0.15) is 30.9 Å². The molecule has 0 bridgehead atoms. The van der Waals surface area contributed by atoms with Gasteiger partial charge in [-0.2, -0.15) is 0 Å². The lowest BCUT2D eigenvalue weighted by Gasteiger charge is -2.09. The molecule has 0 fully saturated rings. The molecular weight excluding hydrogens is 275 g/mol.